The number of carbonyl (C=O) groups is 1. The Hall–Kier alpha value is -2.70. The quantitative estimate of drug-likeness (QED) is 0.189. The number of para-hydroxylation sites is 1. The van der Waals surface area contributed by atoms with Crippen molar-refractivity contribution in [1.29, 1.82) is 0 Å². The summed E-state index contributed by atoms with van der Waals surface area (Å²) in [5, 5.41) is 25.4. The predicted octanol–water partition coefficient (Wildman–Crippen LogP) is 3.85. The maximum Gasteiger partial charge on any atom is 1.00 e. The third-order valence-electron chi connectivity index (χ3n) is 5.50. The molecule has 4 rings (SSSR count). The number of hydrogen-bond acceptors (Lipinski definition) is 7. The van der Waals surface area contributed by atoms with Gasteiger partial charge in [-0.2, -0.15) is 13.5 Å². The van der Waals surface area contributed by atoms with Crippen LogP contribution >= 0.6 is 23.2 Å². The summed E-state index contributed by atoms with van der Waals surface area (Å²) in [5.74, 6) is -1.13. The molecule has 39 heavy (non-hydrogen) atoms. The first-order chi connectivity index (χ1) is 18.0. The number of carbonyl (C=O) groups excluding carboxylic acids is 1. The number of benzene rings is 4. The topological polar surface area (TPSA) is 140 Å². The SMILES string of the molecule is CCOc1cccc(Cl)c1NC(=O)c1cc2ccccc2c(N=Nc2cc(S(=O)(=O)O)cc(C)c2Cl)c1[O-].[Na+]. The molecule has 4 aromatic carbocycles. The van der Waals surface area contributed by atoms with Crippen LogP contribution in [-0.2, 0) is 10.1 Å². The first-order valence-corrected chi connectivity index (χ1v) is 13.4. The van der Waals surface area contributed by atoms with Gasteiger partial charge in [0.05, 0.1) is 27.2 Å². The molecule has 0 bridgehead atoms. The fourth-order valence-electron chi connectivity index (χ4n) is 3.70. The van der Waals surface area contributed by atoms with E-state index in [1.165, 1.54) is 19.1 Å². The number of rotatable bonds is 7. The molecular weight excluding hydrogens is 576 g/mol. The van der Waals surface area contributed by atoms with Gasteiger partial charge in [-0.15, -0.1) is 5.11 Å². The molecule has 0 spiro atoms. The second kappa shape index (κ2) is 12.6. The molecule has 0 aliphatic rings. The minimum atomic E-state index is -4.55. The van der Waals surface area contributed by atoms with E-state index in [0.717, 1.165) is 6.07 Å². The standard InChI is InChI=1S/C26H21Cl2N3O6S.Na/c1-3-37-21-10-6-9-19(27)24(21)29-26(33)18-12-15-7-4-5-8-17(15)23(25(18)32)31-30-20-13-16(38(34,35)36)11-14(2)22(20)28;/h4-13,32H,3H2,1-2H3,(H,29,33)(H,34,35,36);/q;+1/p-1. The Morgan fingerprint density at radius 3 is 2.49 bits per heavy atom. The van der Waals surface area contributed by atoms with Crippen LogP contribution in [0.1, 0.15) is 22.8 Å². The zero-order valence-electron chi connectivity index (χ0n) is 21.0. The molecule has 0 aliphatic carbocycles. The number of ether oxygens (including phenoxy) is 1. The van der Waals surface area contributed by atoms with Crippen molar-refractivity contribution < 1.29 is 57.2 Å². The minimum Gasteiger partial charge on any atom is -0.870 e. The Bertz CT molecular complexity index is 1710. The average molecular weight is 596 g/mol. The van der Waals surface area contributed by atoms with Gasteiger partial charge in [0.15, 0.2) is 0 Å². The first-order valence-electron chi connectivity index (χ1n) is 11.2. The van der Waals surface area contributed by atoms with Crippen LogP contribution in [0.25, 0.3) is 10.8 Å². The van der Waals surface area contributed by atoms with Gasteiger partial charge in [-0.3, -0.25) is 9.35 Å². The second-order valence-corrected chi connectivity index (χ2v) is 10.3. The van der Waals surface area contributed by atoms with E-state index in [1.807, 2.05) is 0 Å². The zero-order valence-corrected chi connectivity index (χ0v) is 25.4. The Morgan fingerprint density at radius 1 is 1.08 bits per heavy atom. The number of halogens is 2. The van der Waals surface area contributed by atoms with E-state index in [9.17, 15) is 22.9 Å². The fraction of sp³-hybridized carbons (Fsp3) is 0.115. The van der Waals surface area contributed by atoms with Crippen LogP contribution in [0.5, 0.6) is 11.5 Å². The van der Waals surface area contributed by atoms with Crippen LogP contribution in [-0.4, -0.2) is 25.5 Å². The number of anilines is 1. The Balaban J connectivity index is 0.00000420. The molecule has 13 heteroatoms. The van der Waals surface area contributed by atoms with E-state index in [4.69, 9.17) is 27.9 Å². The van der Waals surface area contributed by atoms with Crippen molar-refractivity contribution >= 4 is 67.1 Å². The molecule has 1 amide bonds. The Morgan fingerprint density at radius 2 is 1.79 bits per heavy atom. The van der Waals surface area contributed by atoms with Crippen LogP contribution in [0, 0.1) is 6.92 Å². The molecule has 0 saturated heterocycles. The third-order valence-corrected chi connectivity index (χ3v) is 7.14. The molecule has 4 aromatic rings. The molecule has 0 fully saturated rings. The van der Waals surface area contributed by atoms with Crippen molar-refractivity contribution in [1.82, 2.24) is 0 Å². The van der Waals surface area contributed by atoms with Crippen LogP contribution in [0.4, 0.5) is 17.1 Å². The summed E-state index contributed by atoms with van der Waals surface area (Å²) in [7, 11) is -4.55. The fourth-order valence-corrected chi connectivity index (χ4v) is 4.65. The molecule has 0 aromatic heterocycles. The van der Waals surface area contributed by atoms with Crippen molar-refractivity contribution in [2.75, 3.05) is 11.9 Å². The maximum atomic E-state index is 13.5. The van der Waals surface area contributed by atoms with E-state index < -0.39 is 26.7 Å². The third kappa shape index (κ3) is 6.72. The summed E-state index contributed by atoms with van der Waals surface area (Å²) in [6, 6.07) is 15.3. The molecule has 0 atom stereocenters. The van der Waals surface area contributed by atoms with Crippen molar-refractivity contribution in [3.05, 3.63) is 81.8 Å². The number of amides is 1. The number of nitrogens with one attached hydrogen (secondary N) is 1. The number of azo groups is 1. The van der Waals surface area contributed by atoms with Crippen molar-refractivity contribution in [2.24, 2.45) is 10.2 Å². The summed E-state index contributed by atoms with van der Waals surface area (Å²) < 4.78 is 38.2. The van der Waals surface area contributed by atoms with Gasteiger partial charge >= 0.3 is 29.6 Å². The van der Waals surface area contributed by atoms with Gasteiger partial charge < -0.3 is 15.2 Å². The van der Waals surface area contributed by atoms with Gasteiger partial charge in [0.1, 0.15) is 17.1 Å². The summed E-state index contributed by atoms with van der Waals surface area (Å²) in [4.78, 5) is 12.8. The number of aryl methyl sites for hydroxylation is 1. The zero-order chi connectivity index (χ0) is 27.6. The van der Waals surface area contributed by atoms with Gasteiger partial charge in [-0.1, -0.05) is 59.3 Å². The number of hydrogen-bond donors (Lipinski definition) is 2. The Kier molecular flexibility index (Phi) is 10.0. The summed E-state index contributed by atoms with van der Waals surface area (Å²) in [6.45, 7) is 3.64. The largest absolute Gasteiger partial charge is 1.00 e. The van der Waals surface area contributed by atoms with Crippen molar-refractivity contribution in [2.45, 2.75) is 18.7 Å². The number of nitrogens with zero attached hydrogens (tertiary/aromatic N) is 2. The second-order valence-electron chi connectivity index (χ2n) is 8.07. The molecule has 0 aliphatic heterocycles. The predicted molar refractivity (Wildman–Crippen MR) is 144 cm³/mol. The van der Waals surface area contributed by atoms with Gasteiger partial charge in [0, 0.05) is 10.9 Å². The minimum absolute atomic E-state index is 0. The van der Waals surface area contributed by atoms with E-state index in [1.54, 1.807) is 49.4 Å². The molecule has 0 radical (unpaired) electrons. The van der Waals surface area contributed by atoms with E-state index in [2.05, 4.69) is 15.5 Å². The average Bonchev–Trinajstić information content (AvgIpc) is 2.86. The summed E-state index contributed by atoms with van der Waals surface area (Å²) in [6.07, 6.45) is 0. The normalized spacial score (nSPS) is 11.4. The van der Waals surface area contributed by atoms with Crippen molar-refractivity contribution in [3.8, 4) is 11.5 Å². The molecule has 9 nitrogen and oxygen atoms in total. The van der Waals surface area contributed by atoms with Crippen LogP contribution < -0.4 is 44.7 Å². The smallest absolute Gasteiger partial charge is 0.870 e. The van der Waals surface area contributed by atoms with Crippen molar-refractivity contribution in [3.63, 3.8) is 0 Å². The summed E-state index contributed by atoms with van der Waals surface area (Å²) >= 11 is 12.5. The van der Waals surface area contributed by atoms with Gasteiger partial charge in [0.25, 0.3) is 16.0 Å². The molecule has 0 saturated carbocycles. The van der Waals surface area contributed by atoms with Gasteiger partial charge in [0.2, 0.25) is 0 Å². The number of fused-ring (bicyclic) bond motifs is 1. The molecule has 0 heterocycles. The monoisotopic (exact) mass is 595 g/mol. The van der Waals surface area contributed by atoms with E-state index in [0.29, 0.717) is 28.7 Å². The van der Waals surface area contributed by atoms with Crippen LogP contribution in [0.2, 0.25) is 10.0 Å². The molecule has 196 valence electrons. The summed E-state index contributed by atoms with van der Waals surface area (Å²) in [5.41, 5.74) is 0.0504. The van der Waals surface area contributed by atoms with Crippen LogP contribution in [0.3, 0.4) is 0 Å². The van der Waals surface area contributed by atoms with Gasteiger partial charge in [-0.25, -0.2) is 0 Å². The molecule has 0 unspecified atom stereocenters. The molecular formula is C26H20Cl2N3NaO6S. The first kappa shape index (κ1) is 30.8. The van der Waals surface area contributed by atoms with Crippen LogP contribution in [0.15, 0.2) is 75.8 Å². The van der Waals surface area contributed by atoms with E-state index in [-0.39, 0.29) is 62.2 Å². The van der Waals surface area contributed by atoms with E-state index >= 15 is 0 Å². The Labute approximate surface area is 256 Å². The molecule has 2 N–H and O–H groups in total. The van der Waals surface area contributed by atoms with Gasteiger partial charge in [-0.05, 0) is 55.1 Å². The maximum absolute atomic E-state index is 13.5.